The molecule has 0 amide bonds. The van der Waals surface area contributed by atoms with Gasteiger partial charge in [-0.15, -0.1) is 5.10 Å². The number of hydrogen-bond acceptors (Lipinski definition) is 4. The van der Waals surface area contributed by atoms with Crippen molar-refractivity contribution in [2.45, 2.75) is 6.54 Å². The van der Waals surface area contributed by atoms with Gasteiger partial charge in [0.1, 0.15) is 0 Å². The van der Waals surface area contributed by atoms with E-state index in [0.29, 0.717) is 22.8 Å². The third kappa shape index (κ3) is 1.94. The van der Waals surface area contributed by atoms with Crippen LogP contribution in [0, 0.1) is 16.1 Å². The first kappa shape index (κ1) is 10.4. The van der Waals surface area contributed by atoms with Crippen LogP contribution in [0.1, 0.15) is 11.1 Å². The minimum atomic E-state index is 0.356. The van der Waals surface area contributed by atoms with Gasteiger partial charge in [-0.3, -0.25) is 4.57 Å². The molecule has 2 rings (SSSR count). The molecule has 6 heteroatoms. The fourth-order valence-electron chi connectivity index (χ4n) is 1.35. The van der Waals surface area contributed by atoms with Gasteiger partial charge in [-0.1, -0.05) is 12.1 Å². The van der Waals surface area contributed by atoms with Crippen molar-refractivity contribution in [2.24, 2.45) is 0 Å². The number of nitrogens with two attached hydrogens (primary N) is 1. The first-order valence-corrected chi connectivity index (χ1v) is 5.01. The lowest BCUT2D eigenvalue weighted by atomic mass is 10.1. The Bertz CT molecular complexity index is 587. The standard InChI is InChI=1S/C10H9N5S/c11-5-7-1-3-8(4-2-7)6-15-9(12)13-14-10(15)16/h1-4H,6H2,(H2,12,13)(H,14,16). The summed E-state index contributed by atoms with van der Waals surface area (Å²) in [6.45, 7) is 0.548. The van der Waals surface area contributed by atoms with Gasteiger partial charge in [-0.2, -0.15) is 5.26 Å². The van der Waals surface area contributed by atoms with E-state index in [1.54, 1.807) is 16.7 Å². The SMILES string of the molecule is N#Cc1ccc(Cn2c(N)n[nH]c2=S)cc1. The summed E-state index contributed by atoms with van der Waals surface area (Å²) in [7, 11) is 0. The Kier molecular flexibility index (Phi) is 2.70. The number of nitrogens with one attached hydrogen (secondary N) is 1. The molecule has 0 unspecified atom stereocenters. The highest BCUT2D eigenvalue weighted by molar-refractivity contribution is 7.71. The lowest BCUT2D eigenvalue weighted by Gasteiger charge is -2.03. The van der Waals surface area contributed by atoms with Crippen LogP contribution in [0.5, 0.6) is 0 Å². The summed E-state index contributed by atoms with van der Waals surface area (Å²) in [6, 6.07) is 9.32. The van der Waals surface area contributed by atoms with Gasteiger partial charge < -0.3 is 5.73 Å². The minimum Gasteiger partial charge on any atom is -0.368 e. The highest BCUT2D eigenvalue weighted by Crippen LogP contribution is 2.08. The summed E-state index contributed by atoms with van der Waals surface area (Å²) < 4.78 is 2.18. The number of H-pyrrole nitrogens is 1. The Balaban J connectivity index is 2.28. The molecule has 2 aromatic rings. The van der Waals surface area contributed by atoms with E-state index in [1.165, 1.54) is 0 Å². The van der Waals surface area contributed by atoms with E-state index in [-0.39, 0.29) is 0 Å². The largest absolute Gasteiger partial charge is 0.368 e. The number of benzene rings is 1. The summed E-state index contributed by atoms with van der Waals surface area (Å²) in [5, 5.41) is 15.1. The fourth-order valence-corrected chi connectivity index (χ4v) is 1.55. The van der Waals surface area contributed by atoms with E-state index in [0.717, 1.165) is 5.56 Å². The minimum absolute atomic E-state index is 0.356. The van der Waals surface area contributed by atoms with E-state index in [9.17, 15) is 0 Å². The zero-order chi connectivity index (χ0) is 11.5. The van der Waals surface area contributed by atoms with Crippen molar-refractivity contribution in [1.29, 1.82) is 5.26 Å². The van der Waals surface area contributed by atoms with Crippen molar-refractivity contribution in [3.05, 3.63) is 40.2 Å². The van der Waals surface area contributed by atoms with Gasteiger partial charge >= 0.3 is 0 Å². The van der Waals surface area contributed by atoms with Crippen LogP contribution in [0.2, 0.25) is 0 Å². The highest BCUT2D eigenvalue weighted by atomic mass is 32.1. The number of aromatic amines is 1. The number of hydrogen-bond donors (Lipinski definition) is 2. The maximum atomic E-state index is 8.67. The lowest BCUT2D eigenvalue weighted by molar-refractivity contribution is 0.793. The average Bonchev–Trinajstić information content (AvgIpc) is 2.62. The molecule has 0 aliphatic carbocycles. The monoisotopic (exact) mass is 231 g/mol. The van der Waals surface area contributed by atoms with Crippen LogP contribution in [-0.2, 0) is 6.54 Å². The van der Waals surface area contributed by atoms with Crippen molar-refractivity contribution in [2.75, 3.05) is 5.73 Å². The summed E-state index contributed by atoms with van der Waals surface area (Å²) in [5.74, 6) is 0.356. The Morgan fingerprint density at radius 2 is 2.12 bits per heavy atom. The molecule has 3 N–H and O–H groups in total. The zero-order valence-electron chi connectivity index (χ0n) is 8.34. The molecule has 0 spiro atoms. The molecule has 0 atom stereocenters. The number of nitrogens with zero attached hydrogens (tertiary/aromatic N) is 3. The molecule has 5 nitrogen and oxygen atoms in total. The molecule has 16 heavy (non-hydrogen) atoms. The maximum Gasteiger partial charge on any atom is 0.220 e. The van der Waals surface area contributed by atoms with Gasteiger partial charge in [0.05, 0.1) is 18.2 Å². The fraction of sp³-hybridized carbons (Fsp3) is 0.100. The van der Waals surface area contributed by atoms with Crippen LogP contribution < -0.4 is 5.73 Å². The van der Waals surface area contributed by atoms with E-state index in [1.807, 2.05) is 12.1 Å². The van der Waals surface area contributed by atoms with Crippen LogP contribution in [0.3, 0.4) is 0 Å². The molecule has 1 aromatic carbocycles. The molecule has 0 saturated heterocycles. The van der Waals surface area contributed by atoms with Crippen molar-refractivity contribution in [3.8, 4) is 6.07 Å². The number of aromatic nitrogens is 3. The van der Waals surface area contributed by atoms with Crippen molar-refractivity contribution in [3.63, 3.8) is 0 Å². The van der Waals surface area contributed by atoms with Crippen LogP contribution in [-0.4, -0.2) is 14.8 Å². The van der Waals surface area contributed by atoms with E-state index < -0.39 is 0 Å². The summed E-state index contributed by atoms with van der Waals surface area (Å²) in [4.78, 5) is 0. The molecule has 0 radical (unpaired) electrons. The molecule has 1 aromatic heterocycles. The quantitative estimate of drug-likeness (QED) is 0.766. The second-order valence-electron chi connectivity index (χ2n) is 3.28. The number of anilines is 1. The molecular formula is C10H9N5S. The Hall–Kier alpha value is -2.13. The zero-order valence-corrected chi connectivity index (χ0v) is 9.16. The number of rotatable bonds is 2. The van der Waals surface area contributed by atoms with Gasteiger partial charge in [-0.05, 0) is 29.9 Å². The second-order valence-corrected chi connectivity index (χ2v) is 3.67. The number of nitriles is 1. The third-order valence-electron chi connectivity index (χ3n) is 2.21. The third-order valence-corrected chi connectivity index (χ3v) is 2.52. The molecule has 80 valence electrons. The smallest absolute Gasteiger partial charge is 0.220 e. The Morgan fingerprint density at radius 3 is 2.62 bits per heavy atom. The second kappa shape index (κ2) is 4.16. The summed E-state index contributed by atoms with van der Waals surface area (Å²) >= 11 is 5.03. The molecule has 0 saturated carbocycles. The van der Waals surface area contributed by atoms with Gasteiger partial charge in [0, 0.05) is 0 Å². The van der Waals surface area contributed by atoms with E-state index >= 15 is 0 Å². The van der Waals surface area contributed by atoms with Gasteiger partial charge in [0.25, 0.3) is 0 Å². The molecule has 0 aliphatic rings. The first-order chi connectivity index (χ1) is 7.70. The van der Waals surface area contributed by atoms with Crippen LogP contribution in [0.4, 0.5) is 5.95 Å². The topological polar surface area (TPSA) is 83.4 Å². The average molecular weight is 231 g/mol. The molecule has 0 bridgehead atoms. The van der Waals surface area contributed by atoms with Gasteiger partial charge in [-0.25, -0.2) is 5.10 Å². The van der Waals surface area contributed by atoms with Crippen molar-refractivity contribution in [1.82, 2.24) is 14.8 Å². The van der Waals surface area contributed by atoms with Crippen molar-refractivity contribution >= 4 is 18.2 Å². The van der Waals surface area contributed by atoms with Gasteiger partial charge in [0.2, 0.25) is 5.95 Å². The predicted octanol–water partition coefficient (Wildman–Crippen LogP) is 1.44. The summed E-state index contributed by atoms with van der Waals surface area (Å²) in [6.07, 6.45) is 0. The van der Waals surface area contributed by atoms with Crippen LogP contribution in [0.15, 0.2) is 24.3 Å². The van der Waals surface area contributed by atoms with Crippen LogP contribution in [0.25, 0.3) is 0 Å². The van der Waals surface area contributed by atoms with E-state index in [2.05, 4.69) is 16.3 Å². The van der Waals surface area contributed by atoms with Gasteiger partial charge in [0.15, 0.2) is 4.77 Å². The van der Waals surface area contributed by atoms with E-state index in [4.69, 9.17) is 23.2 Å². The normalized spacial score (nSPS) is 9.94. The van der Waals surface area contributed by atoms with Crippen LogP contribution >= 0.6 is 12.2 Å². The molecule has 0 fully saturated rings. The predicted molar refractivity (Wildman–Crippen MR) is 62.1 cm³/mol. The highest BCUT2D eigenvalue weighted by Gasteiger charge is 2.02. The Labute approximate surface area is 97.1 Å². The molecule has 0 aliphatic heterocycles. The molecule has 1 heterocycles. The Morgan fingerprint density at radius 1 is 1.44 bits per heavy atom. The van der Waals surface area contributed by atoms with Crippen molar-refractivity contribution < 1.29 is 0 Å². The summed E-state index contributed by atoms with van der Waals surface area (Å²) in [5.41, 5.74) is 7.30. The molecular weight excluding hydrogens is 222 g/mol. The maximum absolute atomic E-state index is 8.67. The lowest BCUT2D eigenvalue weighted by Crippen LogP contribution is -2.04. The number of nitrogen functional groups attached to an aromatic ring is 1. The first-order valence-electron chi connectivity index (χ1n) is 4.60.